The van der Waals surface area contributed by atoms with E-state index in [1.807, 2.05) is 0 Å². The monoisotopic (exact) mass is 250 g/mol. The van der Waals surface area contributed by atoms with E-state index in [-0.39, 0.29) is 0 Å². The predicted octanol–water partition coefficient (Wildman–Crippen LogP) is 3.23. The van der Waals surface area contributed by atoms with Crippen molar-refractivity contribution in [2.45, 2.75) is 46.5 Å². The van der Waals surface area contributed by atoms with E-state index in [1.165, 1.54) is 19.3 Å². The number of unbranched alkanes of at least 4 members (excludes halogenated alkanes) is 2. The SMILES string of the molecule is CCCCCN(C)c1ncnc(NCCC)c1C. The van der Waals surface area contributed by atoms with Crippen LogP contribution in [-0.2, 0) is 0 Å². The molecule has 0 atom stereocenters. The minimum absolute atomic E-state index is 0.955. The normalized spacial score (nSPS) is 10.4. The van der Waals surface area contributed by atoms with Crippen LogP contribution in [0.4, 0.5) is 11.6 Å². The Morgan fingerprint density at radius 1 is 1.17 bits per heavy atom. The van der Waals surface area contributed by atoms with Crippen molar-refractivity contribution in [1.82, 2.24) is 9.97 Å². The van der Waals surface area contributed by atoms with Gasteiger partial charge in [0.2, 0.25) is 0 Å². The molecule has 1 aromatic rings. The summed E-state index contributed by atoms with van der Waals surface area (Å²) in [5.74, 6) is 2.00. The third kappa shape index (κ3) is 4.17. The van der Waals surface area contributed by atoms with E-state index < -0.39 is 0 Å². The van der Waals surface area contributed by atoms with Crippen molar-refractivity contribution in [3.63, 3.8) is 0 Å². The summed E-state index contributed by atoms with van der Waals surface area (Å²) in [7, 11) is 2.11. The lowest BCUT2D eigenvalue weighted by Crippen LogP contribution is -2.21. The summed E-state index contributed by atoms with van der Waals surface area (Å²) in [4.78, 5) is 10.9. The maximum Gasteiger partial charge on any atom is 0.136 e. The van der Waals surface area contributed by atoms with Crippen LogP contribution >= 0.6 is 0 Å². The first-order valence-electron chi connectivity index (χ1n) is 6.97. The average Bonchev–Trinajstić information content (AvgIpc) is 2.37. The molecule has 0 saturated heterocycles. The molecule has 0 aliphatic rings. The summed E-state index contributed by atoms with van der Waals surface area (Å²) in [5, 5.41) is 3.35. The Morgan fingerprint density at radius 3 is 2.61 bits per heavy atom. The van der Waals surface area contributed by atoms with Crippen LogP contribution in [0.5, 0.6) is 0 Å². The topological polar surface area (TPSA) is 41.1 Å². The number of anilines is 2. The molecule has 1 aromatic heterocycles. The highest BCUT2D eigenvalue weighted by molar-refractivity contribution is 5.57. The molecule has 4 heteroatoms. The minimum atomic E-state index is 0.955. The predicted molar refractivity (Wildman–Crippen MR) is 78.3 cm³/mol. The van der Waals surface area contributed by atoms with Gasteiger partial charge in [-0.25, -0.2) is 9.97 Å². The second-order valence-electron chi connectivity index (χ2n) is 4.73. The van der Waals surface area contributed by atoms with Gasteiger partial charge in [-0.3, -0.25) is 0 Å². The molecule has 18 heavy (non-hydrogen) atoms. The number of hydrogen-bond acceptors (Lipinski definition) is 4. The summed E-state index contributed by atoms with van der Waals surface area (Å²) in [5.41, 5.74) is 1.14. The van der Waals surface area contributed by atoms with E-state index in [0.717, 1.165) is 36.7 Å². The van der Waals surface area contributed by atoms with Gasteiger partial charge in [0, 0.05) is 25.7 Å². The first kappa shape index (κ1) is 14.7. The zero-order valence-corrected chi connectivity index (χ0v) is 12.2. The van der Waals surface area contributed by atoms with Gasteiger partial charge in [0.25, 0.3) is 0 Å². The van der Waals surface area contributed by atoms with Gasteiger partial charge >= 0.3 is 0 Å². The molecule has 0 aliphatic heterocycles. The molecule has 4 nitrogen and oxygen atoms in total. The van der Waals surface area contributed by atoms with Gasteiger partial charge in [-0.15, -0.1) is 0 Å². The van der Waals surface area contributed by atoms with Crippen LogP contribution in [0.1, 0.15) is 45.1 Å². The van der Waals surface area contributed by atoms with Crippen LogP contribution in [0.15, 0.2) is 6.33 Å². The van der Waals surface area contributed by atoms with Gasteiger partial charge in [-0.1, -0.05) is 26.7 Å². The van der Waals surface area contributed by atoms with E-state index in [4.69, 9.17) is 0 Å². The Balaban J connectivity index is 2.69. The van der Waals surface area contributed by atoms with Crippen LogP contribution in [0.3, 0.4) is 0 Å². The van der Waals surface area contributed by atoms with Crippen molar-refractivity contribution in [2.75, 3.05) is 30.4 Å². The zero-order valence-electron chi connectivity index (χ0n) is 12.2. The van der Waals surface area contributed by atoms with Crippen molar-refractivity contribution in [3.05, 3.63) is 11.9 Å². The van der Waals surface area contributed by atoms with Crippen molar-refractivity contribution < 1.29 is 0 Å². The van der Waals surface area contributed by atoms with E-state index in [0.29, 0.717) is 0 Å². The van der Waals surface area contributed by atoms with Gasteiger partial charge < -0.3 is 10.2 Å². The van der Waals surface area contributed by atoms with E-state index in [1.54, 1.807) is 6.33 Å². The van der Waals surface area contributed by atoms with Crippen LogP contribution in [0, 0.1) is 6.92 Å². The molecular weight excluding hydrogens is 224 g/mol. The lowest BCUT2D eigenvalue weighted by molar-refractivity contribution is 0.699. The smallest absolute Gasteiger partial charge is 0.136 e. The number of nitrogens with one attached hydrogen (secondary N) is 1. The molecular formula is C14H26N4. The van der Waals surface area contributed by atoms with Gasteiger partial charge in [0.05, 0.1) is 0 Å². The summed E-state index contributed by atoms with van der Waals surface area (Å²) in [6.45, 7) is 8.48. The number of hydrogen-bond donors (Lipinski definition) is 1. The van der Waals surface area contributed by atoms with Gasteiger partial charge in [-0.05, 0) is 19.8 Å². The van der Waals surface area contributed by atoms with Gasteiger partial charge in [-0.2, -0.15) is 0 Å². The van der Waals surface area contributed by atoms with Gasteiger partial charge in [0.15, 0.2) is 0 Å². The summed E-state index contributed by atoms with van der Waals surface area (Å²) >= 11 is 0. The zero-order chi connectivity index (χ0) is 13.4. The fraction of sp³-hybridized carbons (Fsp3) is 0.714. The Bertz CT molecular complexity index is 352. The minimum Gasteiger partial charge on any atom is -0.370 e. The standard InChI is InChI=1S/C14H26N4/c1-5-7-8-10-18(4)14-12(3)13(15-9-6-2)16-11-17-14/h11H,5-10H2,1-4H3,(H,15,16,17). The Hall–Kier alpha value is -1.32. The molecule has 0 bridgehead atoms. The van der Waals surface area contributed by atoms with Gasteiger partial charge in [0.1, 0.15) is 18.0 Å². The maximum absolute atomic E-state index is 4.40. The molecule has 0 aromatic carbocycles. The highest BCUT2D eigenvalue weighted by Crippen LogP contribution is 2.21. The fourth-order valence-corrected chi connectivity index (χ4v) is 1.95. The molecule has 0 radical (unpaired) electrons. The molecule has 0 fully saturated rings. The highest BCUT2D eigenvalue weighted by Gasteiger charge is 2.10. The summed E-state index contributed by atoms with van der Waals surface area (Å²) in [6.07, 6.45) is 6.49. The van der Waals surface area contributed by atoms with Crippen LogP contribution in [0.25, 0.3) is 0 Å². The Kier molecular flexibility index (Phi) is 6.47. The first-order valence-corrected chi connectivity index (χ1v) is 6.97. The van der Waals surface area contributed by atoms with E-state index in [9.17, 15) is 0 Å². The molecule has 1 N–H and O–H groups in total. The molecule has 0 unspecified atom stereocenters. The van der Waals surface area contributed by atoms with Crippen molar-refractivity contribution in [1.29, 1.82) is 0 Å². The molecule has 0 spiro atoms. The van der Waals surface area contributed by atoms with Crippen molar-refractivity contribution >= 4 is 11.6 Å². The van der Waals surface area contributed by atoms with Crippen LogP contribution in [-0.4, -0.2) is 30.1 Å². The Labute approximate surface area is 111 Å². The summed E-state index contributed by atoms with van der Waals surface area (Å²) in [6, 6.07) is 0. The molecule has 102 valence electrons. The maximum atomic E-state index is 4.40. The first-order chi connectivity index (χ1) is 8.70. The quantitative estimate of drug-likeness (QED) is 0.719. The molecule has 1 heterocycles. The largest absolute Gasteiger partial charge is 0.370 e. The molecule has 0 aliphatic carbocycles. The lowest BCUT2D eigenvalue weighted by Gasteiger charge is -2.21. The average molecular weight is 250 g/mol. The molecule has 0 amide bonds. The third-order valence-electron chi connectivity index (χ3n) is 3.06. The second kappa shape index (κ2) is 7.90. The second-order valence-corrected chi connectivity index (χ2v) is 4.73. The summed E-state index contributed by atoms with van der Waals surface area (Å²) < 4.78 is 0. The number of aromatic nitrogens is 2. The number of nitrogens with zero attached hydrogens (tertiary/aromatic N) is 3. The lowest BCUT2D eigenvalue weighted by atomic mass is 10.2. The highest BCUT2D eigenvalue weighted by atomic mass is 15.2. The van der Waals surface area contributed by atoms with Crippen molar-refractivity contribution in [3.8, 4) is 0 Å². The molecule has 0 saturated carbocycles. The number of rotatable bonds is 8. The third-order valence-corrected chi connectivity index (χ3v) is 3.06. The van der Waals surface area contributed by atoms with Crippen LogP contribution < -0.4 is 10.2 Å². The fourth-order valence-electron chi connectivity index (χ4n) is 1.95. The van der Waals surface area contributed by atoms with Crippen molar-refractivity contribution in [2.24, 2.45) is 0 Å². The molecule has 1 rings (SSSR count). The van der Waals surface area contributed by atoms with E-state index in [2.05, 4.69) is 48.0 Å². The van der Waals surface area contributed by atoms with E-state index >= 15 is 0 Å². The Morgan fingerprint density at radius 2 is 1.94 bits per heavy atom. The van der Waals surface area contributed by atoms with Crippen LogP contribution in [0.2, 0.25) is 0 Å².